The topological polar surface area (TPSA) is 49.4 Å². The zero-order chi connectivity index (χ0) is 15.0. The van der Waals surface area contributed by atoms with Crippen LogP contribution in [0.5, 0.6) is 0 Å². The van der Waals surface area contributed by atoms with Crippen LogP contribution in [0.2, 0.25) is 0 Å². The van der Waals surface area contributed by atoms with Gasteiger partial charge in [0.05, 0.1) is 6.54 Å². The van der Waals surface area contributed by atoms with E-state index in [1.165, 1.54) is 0 Å². The van der Waals surface area contributed by atoms with Crippen LogP contribution in [0.4, 0.5) is 0 Å². The smallest absolute Gasteiger partial charge is 0.246 e. The molecule has 5 heteroatoms. The van der Waals surface area contributed by atoms with E-state index in [2.05, 4.69) is 11.9 Å². The Morgan fingerprint density at radius 1 is 1.42 bits per heavy atom. The normalized spacial score (nSPS) is 24.7. The Morgan fingerprint density at radius 3 is 2.32 bits per heavy atom. The van der Waals surface area contributed by atoms with E-state index in [4.69, 9.17) is 11.6 Å². The molecular formula is C14H23ClN2O2. The number of halogens is 1. The number of piperazine rings is 1. The predicted octanol–water partition coefficient (Wildman–Crippen LogP) is 2.14. The van der Waals surface area contributed by atoms with Gasteiger partial charge in [0, 0.05) is 5.03 Å². The molecule has 0 aromatic heterocycles. The number of hydrogen-bond acceptors (Lipinski definition) is 2. The Hall–Kier alpha value is -1.03. The largest absolute Gasteiger partial charge is 0.342 e. The Bertz CT molecular complexity index is 399. The Kier molecular flexibility index (Phi) is 4.67. The third-order valence-corrected chi connectivity index (χ3v) is 3.38. The fourth-order valence-electron chi connectivity index (χ4n) is 2.34. The third-order valence-electron chi connectivity index (χ3n) is 3.26. The quantitative estimate of drug-likeness (QED) is 0.864. The highest BCUT2D eigenvalue weighted by Crippen LogP contribution is 2.27. The summed E-state index contributed by atoms with van der Waals surface area (Å²) < 4.78 is 0. The van der Waals surface area contributed by atoms with Gasteiger partial charge in [0.15, 0.2) is 0 Å². The first-order valence-corrected chi connectivity index (χ1v) is 6.87. The zero-order valence-electron chi connectivity index (χ0n) is 12.3. The second-order valence-corrected chi connectivity index (χ2v) is 7.01. The minimum atomic E-state index is -0.522. The van der Waals surface area contributed by atoms with Crippen LogP contribution in [0.1, 0.15) is 34.6 Å². The summed E-state index contributed by atoms with van der Waals surface area (Å²) in [5, 5.41) is 3.20. The van der Waals surface area contributed by atoms with Crippen LogP contribution >= 0.6 is 11.6 Å². The van der Waals surface area contributed by atoms with Crippen molar-refractivity contribution in [1.82, 2.24) is 10.2 Å². The average Bonchev–Trinajstić information content (AvgIpc) is 2.20. The predicted molar refractivity (Wildman–Crippen MR) is 76.7 cm³/mol. The molecule has 1 fully saturated rings. The van der Waals surface area contributed by atoms with E-state index < -0.39 is 12.1 Å². The Balaban J connectivity index is 3.12. The highest BCUT2D eigenvalue weighted by molar-refractivity contribution is 6.29. The van der Waals surface area contributed by atoms with Crippen molar-refractivity contribution in [3.8, 4) is 0 Å². The maximum atomic E-state index is 12.6. The van der Waals surface area contributed by atoms with E-state index in [1.807, 2.05) is 34.6 Å². The number of carbonyl (C=O) groups is 2. The van der Waals surface area contributed by atoms with Crippen LogP contribution in [0.25, 0.3) is 0 Å². The van der Waals surface area contributed by atoms with Gasteiger partial charge in [-0.05, 0) is 11.3 Å². The van der Waals surface area contributed by atoms with Gasteiger partial charge in [0.25, 0.3) is 0 Å². The van der Waals surface area contributed by atoms with Gasteiger partial charge in [-0.1, -0.05) is 52.8 Å². The van der Waals surface area contributed by atoms with E-state index in [1.54, 1.807) is 4.90 Å². The van der Waals surface area contributed by atoms with Gasteiger partial charge in [-0.3, -0.25) is 9.59 Å². The number of nitrogens with one attached hydrogen (secondary N) is 1. The van der Waals surface area contributed by atoms with E-state index in [0.29, 0.717) is 5.03 Å². The van der Waals surface area contributed by atoms with Crippen LogP contribution in [0.15, 0.2) is 11.6 Å². The molecule has 2 unspecified atom stereocenters. The van der Waals surface area contributed by atoms with Gasteiger partial charge in [-0.25, -0.2) is 0 Å². The van der Waals surface area contributed by atoms with Gasteiger partial charge in [0.1, 0.15) is 12.1 Å². The van der Waals surface area contributed by atoms with Crippen molar-refractivity contribution < 1.29 is 9.59 Å². The molecule has 1 aliphatic rings. The summed E-state index contributed by atoms with van der Waals surface area (Å²) in [6.45, 7) is 13.5. The van der Waals surface area contributed by atoms with Gasteiger partial charge >= 0.3 is 0 Å². The van der Waals surface area contributed by atoms with E-state index in [9.17, 15) is 9.59 Å². The molecule has 2 atom stereocenters. The highest BCUT2D eigenvalue weighted by Gasteiger charge is 2.46. The maximum Gasteiger partial charge on any atom is 0.246 e. The van der Waals surface area contributed by atoms with Crippen molar-refractivity contribution in [3.63, 3.8) is 0 Å². The lowest BCUT2D eigenvalue weighted by Gasteiger charge is -2.44. The first-order valence-electron chi connectivity index (χ1n) is 6.50. The molecule has 108 valence electrons. The van der Waals surface area contributed by atoms with Gasteiger partial charge < -0.3 is 10.2 Å². The van der Waals surface area contributed by atoms with Crippen molar-refractivity contribution in [2.45, 2.75) is 46.7 Å². The van der Waals surface area contributed by atoms with Crippen molar-refractivity contribution in [2.24, 2.45) is 11.3 Å². The minimum absolute atomic E-state index is 0.0286. The molecule has 2 amide bonds. The molecule has 1 rings (SSSR count). The molecule has 1 saturated heterocycles. The molecule has 1 heterocycles. The molecule has 4 nitrogen and oxygen atoms in total. The molecule has 0 aromatic carbocycles. The summed E-state index contributed by atoms with van der Waals surface area (Å²) in [5.41, 5.74) is -0.333. The third kappa shape index (κ3) is 3.50. The molecule has 0 radical (unpaired) electrons. The number of amides is 2. The van der Waals surface area contributed by atoms with Gasteiger partial charge in [0.2, 0.25) is 11.8 Å². The van der Waals surface area contributed by atoms with Crippen molar-refractivity contribution in [3.05, 3.63) is 11.6 Å². The number of nitrogens with zero attached hydrogens (tertiary/aromatic N) is 1. The van der Waals surface area contributed by atoms with Gasteiger partial charge in [-0.2, -0.15) is 0 Å². The van der Waals surface area contributed by atoms with Gasteiger partial charge in [-0.15, -0.1) is 0 Å². The summed E-state index contributed by atoms with van der Waals surface area (Å²) in [6.07, 6.45) is 0. The summed E-state index contributed by atoms with van der Waals surface area (Å²) in [4.78, 5) is 26.4. The van der Waals surface area contributed by atoms with Crippen LogP contribution < -0.4 is 5.32 Å². The SMILES string of the molecule is C=C(Cl)CN1C(=O)C(C(C)(C)C)NC(=O)C1C(C)C. The second kappa shape index (κ2) is 5.53. The van der Waals surface area contributed by atoms with E-state index >= 15 is 0 Å². The summed E-state index contributed by atoms with van der Waals surface area (Å²) in [6, 6.07) is -1.01. The number of hydrogen-bond donors (Lipinski definition) is 1. The Morgan fingerprint density at radius 2 is 1.95 bits per heavy atom. The summed E-state index contributed by atoms with van der Waals surface area (Å²) in [7, 11) is 0. The zero-order valence-corrected chi connectivity index (χ0v) is 13.0. The highest BCUT2D eigenvalue weighted by atomic mass is 35.5. The molecule has 0 bridgehead atoms. The molecule has 19 heavy (non-hydrogen) atoms. The molecule has 0 spiro atoms. The lowest BCUT2D eigenvalue weighted by molar-refractivity contribution is -0.153. The lowest BCUT2D eigenvalue weighted by Crippen LogP contribution is -2.67. The number of rotatable bonds is 3. The van der Waals surface area contributed by atoms with E-state index in [0.717, 1.165) is 0 Å². The van der Waals surface area contributed by atoms with Crippen molar-refractivity contribution in [2.75, 3.05) is 6.54 Å². The van der Waals surface area contributed by atoms with Crippen LogP contribution in [0.3, 0.4) is 0 Å². The maximum absolute atomic E-state index is 12.6. The van der Waals surface area contributed by atoms with Crippen molar-refractivity contribution in [1.29, 1.82) is 0 Å². The van der Waals surface area contributed by atoms with Crippen LogP contribution in [-0.4, -0.2) is 35.3 Å². The molecule has 0 aliphatic carbocycles. The first-order chi connectivity index (χ1) is 8.55. The second-order valence-electron chi connectivity index (χ2n) is 6.48. The molecule has 1 aliphatic heterocycles. The minimum Gasteiger partial charge on any atom is -0.342 e. The van der Waals surface area contributed by atoms with Crippen LogP contribution in [0, 0.1) is 11.3 Å². The monoisotopic (exact) mass is 286 g/mol. The van der Waals surface area contributed by atoms with E-state index in [-0.39, 0.29) is 29.7 Å². The first kappa shape index (κ1) is 16.0. The van der Waals surface area contributed by atoms with Crippen LogP contribution in [-0.2, 0) is 9.59 Å². The summed E-state index contributed by atoms with van der Waals surface area (Å²) in [5.74, 6) is -0.180. The molecule has 1 N–H and O–H groups in total. The van der Waals surface area contributed by atoms with Crippen molar-refractivity contribution >= 4 is 23.4 Å². The standard InChI is InChI=1S/C14H23ClN2O2/c1-8(2)10-12(18)16-11(14(4,5)6)13(19)17(10)7-9(3)15/h8,10-11H,3,7H2,1-2,4-6H3,(H,16,18). The summed E-state index contributed by atoms with van der Waals surface area (Å²) >= 11 is 5.84. The Labute approximate surface area is 120 Å². The fraction of sp³-hybridized carbons (Fsp3) is 0.714. The average molecular weight is 287 g/mol. The molecular weight excluding hydrogens is 264 g/mol. The molecule has 0 aromatic rings. The fourth-order valence-corrected chi connectivity index (χ4v) is 2.47. The lowest BCUT2D eigenvalue weighted by atomic mass is 9.83. The molecule has 0 saturated carbocycles. The number of carbonyl (C=O) groups excluding carboxylic acids is 2.